The van der Waals surface area contributed by atoms with Gasteiger partial charge in [-0.15, -0.1) is 10.2 Å². The van der Waals surface area contributed by atoms with Crippen molar-refractivity contribution in [1.29, 1.82) is 0 Å². The molecule has 1 aliphatic heterocycles. The van der Waals surface area contributed by atoms with Crippen LogP contribution < -0.4 is 10.2 Å². The molecule has 4 rings (SSSR count). The maximum Gasteiger partial charge on any atom is 0.223 e. The molecule has 2 aliphatic rings. The Morgan fingerprint density at radius 3 is 2.70 bits per heavy atom. The summed E-state index contributed by atoms with van der Waals surface area (Å²) in [6, 6.07) is 10.2. The van der Waals surface area contributed by atoms with Crippen molar-refractivity contribution >= 4 is 11.7 Å². The summed E-state index contributed by atoms with van der Waals surface area (Å²) in [7, 11) is 0. The SMILES string of the molecule is O=C(NCCC1=CCCCC1)C1CCN(c2ccc(-c3cccc(F)c3)nn2)CC1. The number of benzene rings is 1. The van der Waals surface area contributed by atoms with Gasteiger partial charge >= 0.3 is 0 Å². The Morgan fingerprint density at radius 1 is 1.13 bits per heavy atom. The van der Waals surface area contributed by atoms with Crippen LogP contribution >= 0.6 is 0 Å². The lowest BCUT2D eigenvalue weighted by atomic mass is 9.95. The topological polar surface area (TPSA) is 58.1 Å². The van der Waals surface area contributed by atoms with Gasteiger partial charge in [0.05, 0.1) is 5.69 Å². The predicted molar refractivity (Wildman–Crippen MR) is 117 cm³/mol. The molecule has 1 aromatic carbocycles. The molecule has 30 heavy (non-hydrogen) atoms. The molecule has 2 aromatic rings. The fraction of sp³-hybridized carbons (Fsp3) is 0.458. The fourth-order valence-corrected chi connectivity index (χ4v) is 4.29. The fourth-order valence-electron chi connectivity index (χ4n) is 4.29. The molecule has 6 heteroatoms. The summed E-state index contributed by atoms with van der Waals surface area (Å²) in [6.45, 7) is 2.33. The summed E-state index contributed by atoms with van der Waals surface area (Å²) >= 11 is 0. The highest BCUT2D eigenvalue weighted by Crippen LogP contribution is 2.24. The zero-order chi connectivity index (χ0) is 20.8. The number of allylic oxidation sites excluding steroid dienone is 1. The Balaban J connectivity index is 1.25. The van der Waals surface area contributed by atoms with Crippen LogP contribution in [-0.4, -0.2) is 35.7 Å². The number of rotatable bonds is 6. The van der Waals surface area contributed by atoms with Crippen molar-refractivity contribution in [2.24, 2.45) is 5.92 Å². The third-order valence-electron chi connectivity index (χ3n) is 6.09. The third kappa shape index (κ3) is 5.23. The van der Waals surface area contributed by atoms with E-state index in [0.717, 1.165) is 44.7 Å². The molecule has 5 nitrogen and oxygen atoms in total. The molecule has 0 atom stereocenters. The Hall–Kier alpha value is -2.76. The number of halogens is 1. The molecule has 0 spiro atoms. The van der Waals surface area contributed by atoms with Crippen molar-refractivity contribution in [2.45, 2.75) is 44.9 Å². The van der Waals surface area contributed by atoms with Crippen molar-refractivity contribution in [2.75, 3.05) is 24.5 Å². The lowest BCUT2D eigenvalue weighted by Gasteiger charge is -2.31. The van der Waals surface area contributed by atoms with E-state index in [1.54, 1.807) is 6.07 Å². The molecule has 0 bridgehead atoms. The lowest BCUT2D eigenvalue weighted by Crippen LogP contribution is -2.41. The molecule has 0 saturated carbocycles. The second-order valence-corrected chi connectivity index (χ2v) is 8.20. The van der Waals surface area contributed by atoms with Crippen LogP contribution in [0.3, 0.4) is 0 Å². The van der Waals surface area contributed by atoms with E-state index < -0.39 is 0 Å². The molecule has 1 N–H and O–H groups in total. The Labute approximate surface area is 177 Å². The number of piperidine rings is 1. The highest BCUT2D eigenvalue weighted by molar-refractivity contribution is 5.79. The number of hydrogen-bond donors (Lipinski definition) is 1. The van der Waals surface area contributed by atoms with E-state index in [9.17, 15) is 9.18 Å². The first-order chi connectivity index (χ1) is 14.7. The summed E-state index contributed by atoms with van der Waals surface area (Å²) in [6.07, 6.45) is 9.92. The van der Waals surface area contributed by atoms with Gasteiger partial charge < -0.3 is 10.2 Å². The van der Waals surface area contributed by atoms with Gasteiger partial charge in [0.15, 0.2) is 5.82 Å². The molecule has 0 radical (unpaired) electrons. The standard InChI is InChI=1S/C24H29FN4O/c25-21-8-4-7-20(17-21)22-9-10-23(28-27-22)29-15-12-19(13-16-29)24(30)26-14-11-18-5-2-1-3-6-18/h4-5,7-10,17,19H,1-3,6,11-16H2,(H,26,30). The van der Waals surface area contributed by atoms with E-state index in [1.165, 1.54) is 43.4 Å². The number of nitrogens with zero attached hydrogens (tertiary/aromatic N) is 3. The number of amides is 1. The lowest BCUT2D eigenvalue weighted by molar-refractivity contribution is -0.125. The largest absolute Gasteiger partial charge is 0.356 e. The number of hydrogen-bond acceptors (Lipinski definition) is 4. The minimum absolute atomic E-state index is 0.0705. The van der Waals surface area contributed by atoms with Crippen LogP contribution in [-0.2, 0) is 4.79 Å². The van der Waals surface area contributed by atoms with Crippen molar-refractivity contribution in [3.8, 4) is 11.3 Å². The van der Waals surface area contributed by atoms with Crippen LogP contribution in [0.2, 0.25) is 0 Å². The molecule has 1 fully saturated rings. The van der Waals surface area contributed by atoms with E-state index in [-0.39, 0.29) is 17.6 Å². The van der Waals surface area contributed by atoms with Crippen LogP contribution in [0, 0.1) is 11.7 Å². The zero-order valence-corrected chi connectivity index (χ0v) is 17.3. The summed E-state index contributed by atoms with van der Waals surface area (Å²) < 4.78 is 13.4. The molecule has 2 heterocycles. The van der Waals surface area contributed by atoms with E-state index in [1.807, 2.05) is 18.2 Å². The first-order valence-corrected chi connectivity index (χ1v) is 11.0. The monoisotopic (exact) mass is 408 g/mol. The Morgan fingerprint density at radius 2 is 2.00 bits per heavy atom. The van der Waals surface area contributed by atoms with Gasteiger partial charge in [0, 0.05) is 31.1 Å². The van der Waals surface area contributed by atoms with Crippen molar-refractivity contribution in [3.05, 3.63) is 53.9 Å². The van der Waals surface area contributed by atoms with Gasteiger partial charge in [0.1, 0.15) is 5.82 Å². The first-order valence-electron chi connectivity index (χ1n) is 11.0. The summed E-state index contributed by atoms with van der Waals surface area (Å²) in [5.41, 5.74) is 2.87. The van der Waals surface area contributed by atoms with Crippen molar-refractivity contribution < 1.29 is 9.18 Å². The van der Waals surface area contributed by atoms with Gasteiger partial charge in [0.2, 0.25) is 5.91 Å². The second kappa shape index (κ2) is 9.83. The first kappa shape index (κ1) is 20.5. The number of carbonyl (C=O) groups is 1. The highest BCUT2D eigenvalue weighted by atomic mass is 19.1. The smallest absolute Gasteiger partial charge is 0.223 e. The minimum Gasteiger partial charge on any atom is -0.356 e. The van der Waals surface area contributed by atoms with E-state index in [2.05, 4.69) is 26.5 Å². The van der Waals surface area contributed by atoms with E-state index in [0.29, 0.717) is 11.3 Å². The molecule has 0 unspecified atom stereocenters. The Bertz CT molecular complexity index is 888. The maximum absolute atomic E-state index is 13.4. The van der Waals surface area contributed by atoms with Crippen molar-refractivity contribution in [3.63, 3.8) is 0 Å². The average molecular weight is 409 g/mol. The van der Waals surface area contributed by atoms with E-state index >= 15 is 0 Å². The number of anilines is 1. The predicted octanol–water partition coefficient (Wildman–Crippen LogP) is 4.51. The van der Waals surface area contributed by atoms with Gasteiger partial charge in [-0.3, -0.25) is 4.79 Å². The maximum atomic E-state index is 13.4. The summed E-state index contributed by atoms with van der Waals surface area (Å²) in [5.74, 6) is 0.771. The Kier molecular flexibility index (Phi) is 6.72. The van der Waals surface area contributed by atoms with Crippen LogP contribution in [0.1, 0.15) is 44.9 Å². The molecule has 1 amide bonds. The van der Waals surface area contributed by atoms with Crippen LogP contribution in [0.4, 0.5) is 10.2 Å². The van der Waals surface area contributed by atoms with Gasteiger partial charge in [-0.05, 0) is 69.2 Å². The summed E-state index contributed by atoms with van der Waals surface area (Å²) in [4.78, 5) is 14.7. The summed E-state index contributed by atoms with van der Waals surface area (Å²) in [5, 5.41) is 11.7. The molecule has 1 aromatic heterocycles. The second-order valence-electron chi connectivity index (χ2n) is 8.20. The molecule has 1 saturated heterocycles. The van der Waals surface area contributed by atoms with Gasteiger partial charge in [0.25, 0.3) is 0 Å². The van der Waals surface area contributed by atoms with E-state index in [4.69, 9.17) is 0 Å². The molecular weight excluding hydrogens is 379 g/mol. The van der Waals surface area contributed by atoms with Gasteiger partial charge in [-0.25, -0.2) is 4.39 Å². The quantitative estimate of drug-likeness (QED) is 0.715. The van der Waals surface area contributed by atoms with Crippen molar-refractivity contribution in [1.82, 2.24) is 15.5 Å². The zero-order valence-electron chi connectivity index (χ0n) is 17.3. The third-order valence-corrected chi connectivity index (χ3v) is 6.09. The number of aromatic nitrogens is 2. The number of carbonyl (C=O) groups excluding carboxylic acids is 1. The number of nitrogens with one attached hydrogen (secondary N) is 1. The van der Waals surface area contributed by atoms with Crippen LogP contribution in [0.5, 0.6) is 0 Å². The normalized spacial score (nSPS) is 17.5. The molecule has 158 valence electrons. The van der Waals surface area contributed by atoms with Crippen LogP contribution in [0.25, 0.3) is 11.3 Å². The molecule has 1 aliphatic carbocycles. The minimum atomic E-state index is -0.283. The average Bonchev–Trinajstić information content (AvgIpc) is 2.80. The van der Waals surface area contributed by atoms with Gasteiger partial charge in [-0.1, -0.05) is 23.8 Å². The highest BCUT2D eigenvalue weighted by Gasteiger charge is 2.25. The molecular formula is C24H29FN4O. The van der Waals surface area contributed by atoms with Crippen LogP contribution in [0.15, 0.2) is 48.0 Å². The van der Waals surface area contributed by atoms with Gasteiger partial charge in [-0.2, -0.15) is 0 Å².